The van der Waals surface area contributed by atoms with Crippen LogP contribution in [0.1, 0.15) is 82.4 Å². The number of alkyl halides is 1. The zero-order chi connectivity index (χ0) is 39.7. The maximum Gasteiger partial charge on any atom is 1.00 e. The molecule has 0 aromatic heterocycles. The number of amides is 2. The van der Waals surface area contributed by atoms with E-state index in [0.717, 1.165) is 37.7 Å². The first-order valence-corrected chi connectivity index (χ1v) is 18.2. The summed E-state index contributed by atoms with van der Waals surface area (Å²) in [6.07, 6.45) is 9.33. The van der Waals surface area contributed by atoms with Crippen molar-refractivity contribution in [1.29, 1.82) is 10.5 Å². The largest absolute Gasteiger partial charge is 1.00 e. The Labute approximate surface area is 354 Å². The number of carbonyl (C=O) groups excluding carboxylic acids is 2. The number of hydrazone groups is 2. The fourth-order valence-corrected chi connectivity index (χ4v) is 9.45. The monoisotopic (exact) mass is 799 g/mol. The zero-order valence-electron chi connectivity index (χ0n) is 30.6. The van der Waals surface area contributed by atoms with Gasteiger partial charge < -0.3 is 11.8 Å². The van der Waals surface area contributed by atoms with Crippen molar-refractivity contribution in [2.45, 2.75) is 69.9 Å². The Hall–Kier alpha value is -3.10. The summed E-state index contributed by atoms with van der Waals surface area (Å²) in [7, 11) is -4.51. The van der Waals surface area contributed by atoms with E-state index in [1.807, 2.05) is 0 Å². The van der Waals surface area contributed by atoms with Gasteiger partial charge in [-0.25, -0.2) is 27.6 Å². The fourth-order valence-electron chi connectivity index (χ4n) is 8.98. The Bertz CT molecular complexity index is 1970. The summed E-state index contributed by atoms with van der Waals surface area (Å²) in [6, 6.07) is 7.75. The van der Waals surface area contributed by atoms with Crippen LogP contribution in [0.5, 0.6) is 0 Å². The van der Waals surface area contributed by atoms with Gasteiger partial charge in [0.25, 0.3) is 10.1 Å². The van der Waals surface area contributed by atoms with Crippen LogP contribution in [0.25, 0.3) is 0 Å². The van der Waals surface area contributed by atoms with Crippen molar-refractivity contribution in [3.8, 4) is 6.07 Å². The normalized spacial score (nSPS) is 30.3. The van der Waals surface area contributed by atoms with Crippen molar-refractivity contribution in [2.75, 3.05) is 20.0 Å². The first kappa shape index (κ1) is 42.0. The zero-order valence-corrected chi connectivity index (χ0v) is 33.5. The molecule has 0 radical (unpaired) electrons. The molecule has 4 bridgehead atoms. The predicted octanol–water partition coefficient (Wildman–Crippen LogP) is 3.36. The molecule has 6 aliphatic carbocycles. The quantitative estimate of drug-likeness (QED) is 0.172. The van der Waals surface area contributed by atoms with Crippen LogP contribution < -0.4 is 51.4 Å². The van der Waals surface area contributed by atoms with Crippen molar-refractivity contribution in [2.24, 2.45) is 31.9 Å². The molecule has 0 spiro atoms. The van der Waals surface area contributed by atoms with Gasteiger partial charge in [-0.05, 0) is 84.7 Å². The van der Waals surface area contributed by atoms with E-state index in [1.54, 1.807) is 12.4 Å². The van der Waals surface area contributed by atoms with Gasteiger partial charge in [0.15, 0.2) is 0 Å². The number of halogens is 5. The second kappa shape index (κ2) is 16.6. The molecule has 54 heavy (non-hydrogen) atoms. The SMILES string of the molecule is CS(=O)(=O)OCC12CC(C(=O)N3N=CCC3c3cc(F)cc(F)c3)(C1)C2.N#CCC12CC(C(=O)N3N=CCC3c3cc(F)cc(F)c3)(C1)C2.[2H]CF.[C-]#N.[K+]. The maximum atomic E-state index is 13.5. The molecule has 2 unspecified atom stereocenters. The van der Waals surface area contributed by atoms with Crippen LogP contribution in [0, 0.1) is 68.1 Å². The molecule has 2 amide bonds. The average molecular weight is 800 g/mol. The van der Waals surface area contributed by atoms with Gasteiger partial charge in [0.2, 0.25) is 11.8 Å². The summed E-state index contributed by atoms with van der Waals surface area (Å²) < 4.78 is 96.6. The number of carbonyl (C=O) groups is 2. The van der Waals surface area contributed by atoms with E-state index in [1.165, 1.54) is 34.3 Å². The second-order valence-electron chi connectivity index (χ2n) is 14.7. The molecule has 282 valence electrons. The van der Waals surface area contributed by atoms with Gasteiger partial charge in [0.1, 0.15) is 23.3 Å². The summed E-state index contributed by atoms with van der Waals surface area (Å²) in [5, 5.41) is 26.0. The molecule has 0 N–H and O–H groups in total. The van der Waals surface area contributed by atoms with Gasteiger partial charge in [0, 0.05) is 43.8 Å². The minimum absolute atomic E-state index is 0. The molecule has 6 saturated carbocycles. The van der Waals surface area contributed by atoms with Crippen LogP contribution in [0.4, 0.5) is 22.0 Å². The standard InChI is InChI=1S/C17H15F2N3O.C17H18F2N2O4S.CH3F.CN.K/c18-12-5-11(6-13(19)7-12)14-1-4-21-22(14)15(23)17-8-16(9-17,10-17)2-3-20;1-26(23,24)25-10-16-7-17(8-16,9-16)15(22)21-14(2-3-20-21)11-4-12(18)6-13(19)5-11;2*1-2;/h4-7,14H,1-2,8-10H2;3-6,14H,2,7-10H2,1H3;1H3;;/q;;;-1;+1/i;;1D;;. The molecular weight excluding hydrogens is 763 g/mol. The third kappa shape index (κ3) is 8.35. The Morgan fingerprint density at radius 2 is 1.19 bits per heavy atom. The predicted molar refractivity (Wildman–Crippen MR) is 179 cm³/mol. The number of hydrogen-bond acceptors (Lipinski definition) is 9. The van der Waals surface area contributed by atoms with Crippen LogP contribution >= 0.6 is 0 Å². The minimum Gasteiger partial charge on any atom is -0.512 e. The van der Waals surface area contributed by atoms with Crippen molar-refractivity contribution < 1.29 is 96.9 Å². The van der Waals surface area contributed by atoms with Gasteiger partial charge in [-0.1, -0.05) is 0 Å². The fraction of sp³-hybridized carbons (Fsp3) is 0.500. The van der Waals surface area contributed by atoms with Crippen LogP contribution in [0.3, 0.4) is 0 Å². The molecule has 2 atom stereocenters. The summed E-state index contributed by atoms with van der Waals surface area (Å²) in [5.74, 6) is -2.96. The molecule has 0 saturated heterocycles. The molecule has 8 aliphatic rings. The van der Waals surface area contributed by atoms with Crippen molar-refractivity contribution >= 4 is 34.4 Å². The van der Waals surface area contributed by atoms with E-state index in [2.05, 4.69) is 16.3 Å². The second-order valence-corrected chi connectivity index (χ2v) is 16.4. The van der Waals surface area contributed by atoms with E-state index < -0.39 is 63.5 Å². The van der Waals surface area contributed by atoms with Crippen molar-refractivity contribution in [1.82, 2.24) is 10.0 Å². The number of rotatable bonds is 8. The Morgan fingerprint density at radius 3 is 1.52 bits per heavy atom. The van der Waals surface area contributed by atoms with Gasteiger partial charge in [-0.2, -0.15) is 23.9 Å². The van der Waals surface area contributed by atoms with Crippen molar-refractivity contribution in [3.63, 3.8) is 0 Å². The van der Waals surface area contributed by atoms with Gasteiger partial charge in [-0.15, -0.1) is 0 Å². The maximum absolute atomic E-state index is 13.5. The van der Waals surface area contributed by atoms with Gasteiger partial charge >= 0.3 is 51.4 Å². The van der Waals surface area contributed by atoms with Gasteiger partial charge in [0.05, 0.1) is 50.4 Å². The van der Waals surface area contributed by atoms with Gasteiger partial charge in [-0.3, -0.25) is 18.2 Å². The summed E-state index contributed by atoms with van der Waals surface area (Å²) in [5.41, 5.74) is -0.423. The first-order chi connectivity index (χ1) is 25.5. The Morgan fingerprint density at radius 1 is 0.833 bits per heavy atom. The smallest absolute Gasteiger partial charge is 0.512 e. The Kier molecular flexibility index (Phi) is 12.9. The first-order valence-electron chi connectivity index (χ1n) is 17.1. The van der Waals surface area contributed by atoms with E-state index in [4.69, 9.17) is 22.6 Å². The third-order valence-electron chi connectivity index (χ3n) is 10.8. The van der Waals surface area contributed by atoms with Crippen LogP contribution in [-0.2, 0) is 23.9 Å². The molecule has 2 aromatic carbocycles. The Balaban J connectivity index is 0.000000217. The molecule has 2 heterocycles. The molecule has 2 aliphatic heterocycles. The molecule has 6 fully saturated rings. The third-order valence-corrected chi connectivity index (χ3v) is 11.4. The number of nitriles is 1. The molecule has 2 aromatic rings. The molecule has 18 heteroatoms. The number of nitrogens with zero attached hydrogens (tertiary/aromatic N) is 6. The number of benzene rings is 2. The van der Waals surface area contributed by atoms with Crippen molar-refractivity contribution in [3.05, 3.63) is 77.4 Å². The molecule has 10 rings (SSSR count). The number of hydrogen-bond donors (Lipinski definition) is 0. The molecular formula is C36H36F5KN6O5S. The summed E-state index contributed by atoms with van der Waals surface area (Å²) >= 11 is 0. The topological polar surface area (TPSA) is 156 Å². The van der Waals surface area contributed by atoms with Crippen LogP contribution in [0.15, 0.2) is 46.6 Å². The average Bonchev–Trinajstić information content (AvgIpc) is 3.72. The summed E-state index contributed by atoms with van der Waals surface area (Å²) in [4.78, 5) is 25.8. The van der Waals surface area contributed by atoms with E-state index in [9.17, 15) is 40.0 Å². The minimum atomic E-state index is -3.51. The van der Waals surface area contributed by atoms with E-state index in [0.29, 0.717) is 49.7 Å². The van der Waals surface area contributed by atoms with E-state index in [-0.39, 0.29) is 80.6 Å². The molecule has 11 nitrogen and oxygen atoms in total. The van der Waals surface area contributed by atoms with E-state index >= 15 is 0 Å². The summed E-state index contributed by atoms with van der Waals surface area (Å²) in [6.45, 7) is 4.84. The van der Waals surface area contributed by atoms with Crippen LogP contribution in [0.2, 0.25) is 0 Å². The van der Waals surface area contributed by atoms with Crippen LogP contribution in [-0.4, -0.2) is 62.7 Å².